The minimum absolute atomic E-state index is 0.147. The molecule has 1 aliphatic carbocycles. The van der Waals surface area contributed by atoms with Crippen LogP contribution < -0.4 is 0 Å². The van der Waals surface area contributed by atoms with Gasteiger partial charge in [0.1, 0.15) is 10.4 Å². The molecular formula is C7H8BrNO2. The first kappa shape index (κ1) is 8.54. The lowest BCUT2D eigenvalue weighted by molar-refractivity contribution is -0.147. The number of hydrogen-bond donors (Lipinski definition) is 0. The van der Waals surface area contributed by atoms with Gasteiger partial charge in [0.15, 0.2) is 6.61 Å². The highest BCUT2D eigenvalue weighted by Gasteiger charge is 2.43. The van der Waals surface area contributed by atoms with Crippen molar-refractivity contribution in [3.05, 3.63) is 0 Å². The predicted octanol–water partition coefficient (Wildman–Crippen LogP) is 1.37. The number of alkyl halides is 1. The zero-order valence-corrected chi connectivity index (χ0v) is 7.56. The van der Waals surface area contributed by atoms with E-state index in [1.807, 2.05) is 0 Å². The molecule has 1 aliphatic rings. The molecule has 0 saturated heterocycles. The number of hydrogen-bond acceptors (Lipinski definition) is 3. The number of halogens is 1. The highest BCUT2D eigenvalue weighted by atomic mass is 79.9. The van der Waals surface area contributed by atoms with Gasteiger partial charge in [-0.05, 0) is 19.3 Å². The molecule has 0 atom stereocenters. The summed E-state index contributed by atoms with van der Waals surface area (Å²) in [5.74, 6) is -0.301. The second-order valence-corrected chi connectivity index (χ2v) is 4.07. The summed E-state index contributed by atoms with van der Waals surface area (Å²) in [6.07, 6.45) is 2.68. The topological polar surface area (TPSA) is 50.1 Å². The van der Waals surface area contributed by atoms with Crippen molar-refractivity contribution >= 4 is 21.9 Å². The van der Waals surface area contributed by atoms with E-state index in [1.165, 1.54) is 0 Å². The fourth-order valence-corrected chi connectivity index (χ4v) is 1.59. The van der Waals surface area contributed by atoms with Crippen LogP contribution in [-0.2, 0) is 9.53 Å². The fourth-order valence-electron chi connectivity index (χ4n) is 0.918. The van der Waals surface area contributed by atoms with Crippen LogP contribution >= 0.6 is 15.9 Å². The molecule has 0 amide bonds. The van der Waals surface area contributed by atoms with Gasteiger partial charge >= 0.3 is 5.97 Å². The Kier molecular flexibility index (Phi) is 2.50. The number of nitriles is 1. The van der Waals surface area contributed by atoms with Crippen molar-refractivity contribution < 1.29 is 9.53 Å². The average molecular weight is 218 g/mol. The van der Waals surface area contributed by atoms with Crippen molar-refractivity contribution in [3.63, 3.8) is 0 Å². The number of nitrogens with zero attached hydrogens (tertiary/aromatic N) is 1. The lowest BCUT2D eigenvalue weighted by Crippen LogP contribution is -2.40. The molecule has 0 spiro atoms. The van der Waals surface area contributed by atoms with Gasteiger partial charge in [0.25, 0.3) is 0 Å². The molecular weight excluding hydrogens is 210 g/mol. The average Bonchev–Trinajstić information content (AvgIpc) is 1.95. The summed E-state index contributed by atoms with van der Waals surface area (Å²) in [4.78, 5) is 11.1. The minimum Gasteiger partial charge on any atom is -0.449 e. The maximum Gasteiger partial charge on any atom is 0.323 e. The van der Waals surface area contributed by atoms with Crippen LogP contribution in [0.3, 0.4) is 0 Å². The predicted molar refractivity (Wildman–Crippen MR) is 42.1 cm³/mol. The lowest BCUT2D eigenvalue weighted by Gasteiger charge is -2.32. The van der Waals surface area contributed by atoms with Crippen LogP contribution in [-0.4, -0.2) is 16.9 Å². The van der Waals surface area contributed by atoms with E-state index >= 15 is 0 Å². The zero-order valence-electron chi connectivity index (χ0n) is 5.97. The Hall–Kier alpha value is -0.560. The van der Waals surface area contributed by atoms with Gasteiger partial charge < -0.3 is 4.74 Å². The lowest BCUT2D eigenvalue weighted by atomic mass is 9.85. The van der Waals surface area contributed by atoms with Crippen LogP contribution in [0.1, 0.15) is 19.3 Å². The van der Waals surface area contributed by atoms with Gasteiger partial charge in [0.05, 0.1) is 0 Å². The fraction of sp³-hybridized carbons (Fsp3) is 0.714. The van der Waals surface area contributed by atoms with Gasteiger partial charge in [-0.15, -0.1) is 0 Å². The van der Waals surface area contributed by atoms with Gasteiger partial charge in [-0.25, -0.2) is 0 Å². The molecule has 11 heavy (non-hydrogen) atoms. The molecule has 0 bridgehead atoms. The smallest absolute Gasteiger partial charge is 0.323 e. The monoisotopic (exact) mass is 217 g/mol. The second-order valence-electron chi connectivity index (χ2n) is 2.55. The van der Waals surface area contributed by atoms with Gasteiger partial charge in [-0.3, -0.25) is 4.79 Å². The third kappa shape index (κ3) is 1.72. The van der Waals surface area contributed by atoms with Crippen LogP contribution in [0.2, 0.25) is 0 Å². The molecule has 0 heterocycles. The molecule has 0 aromatic rings. The molecule has 1 rings (SSSR count). The Balaban J connectivity index is 2.36. The Morgan fingerprint density at radius 2 is 2.36 bits per heavy atom. The van der Waals surface area contributed by atoms with Crippen molar-refractivity contribution in [1.82, 2.24) is 0 Å². The van der Waals surface area contributed by atoms with E-state index in [-0.39, 0.29) is 12.6 Å². The van der Waals surface area contributed by atoms with Gasteiger partial charge in [-0.1, -0.05) is 15.9 Å². The standard InChI is InChI=1S/C7H8BrNO2/c8-7(2-1-3-7)6(10)11-5-4-9/h1-3,5H2. The molecule has 0 aliphatic heterocycles. The molecule has 60 valence electrons. The van der Waals surface area contributed by atoms with E-state index in [0.717, 1.165) is 19.3 Å². The van der Waals surface area contributed by atoms with E-state index in [2.05, 4.69) is 20.7 Å². The number of ether oxygens (including phenoxy) is 1. The Labute approximate surface area is 73.5 Å². The van der Waals surface area contributed by atoms with E-state index < -0.39 is 4.32 Å². The van der Waals surface area contributed by atoms with Crippen molar-refractivity contribution in [1.29, 1.82) is 5.26 Å². The van der Waals surface area contributed by atoms with Crippen LogP contribution in [0, 0.1) is 11.3 Å². The summed E-state index contributed by atoms with van der Waals surface area (Å²) in [6, 6.07) is 1.75. The molecule has 1 saturated carbocycles. The summed E-state index contributed by atoms with van der Waals surface area (Å²) in [6.45, 7) is -0.147. The number of carbonyl (C=O) groups is 1. The van der Waals surface area contributed by atoms with E-state index in [0.29, 0.717) is 0 Å². The van der Waals surface area contributed by atoms with E-state index in [9.17, 15) is 4.79 Å². The van der Waals surface area contributed by atoms with E-state index in [1.54, 1.807) is 6.07 Å². The first-order valence-corrected chi connectivity index (χ1v) is 4.21. The minimum atomic E-state index is -0.468. The molecule has 3 nitrogen and oxygen atoms in total. The molecule has 0 radical (unpaired) electrons. The van der Waals surface area contributed by atoms with Crippen molar-refractivity contribution in [2.75, 3.05) is 6.61 Å². The summed E-state index contributed by atoms with van der Waals surface area (Å²) in [5.41, 5.74) is 0. The SMILES string of the molecule is N#CCOC(=O)C1(Br)CCC1. The van der Waals surface area contributed by atoms with Crippen molar-refractivity contribution in [3.8, 4) is 6.07 Å². The maximum atomic E-state index is 11.1. The Morgan fingerprint density at radius 3 is 2.73 bits per heavy atom. The van der Waals surface area contributed by atoms with Gasteiger partial charge in [0.2, 0.25) is 0 Å². The third-order valence-corrected chi connectivity index (χ3v) is 2.90. The summed E-state index contributed by atoms with van der Waals surface area (Å²) in [7, 11) is 0. The molecule has 1 fully saturated rings. The highest BCUT2D eigenvalue weighted by Crippen LogP contribution is 2.40. The second kappa shape index (κ2) is 3.22. The number of rotatable bonds is 2. The first-order chi connectivity index (χ1) is 5.19. The maximum absolute atomic E-state index is 11.1. The third-order valence-electron chi connectivity index (χ3n) is 1.78. The van der Waals surface area contributed by atoms with Gasteiger partial charge in [0, 0.05) is 0 Å². The Morgan fingerprint density at radius 1 is 1.73 bits per heavy atom. The summed E-state index contributed by atoms with van der Waals surface area (Å²) >= 11 is 3.28. The van der Waals surface area contributed by atoms with E-state index in [4.69, 9.17) is 5.26 Å². The quantitative estimate of drug-likeness (QED) is 0.519. The highest BCUT2D eigenvalue weighted by molar-refractivity contribution is 9.10. The summed E-state index contributed by atoms with van der Waals surface area (Å²) in [5, 5.41) is 8.13. The molecule has 0 N–H and O–H groups in total. The van der Waals surface area contributed by atoms with Crippen LogP contribution in [0.5, 0.6) is 0 Å². The van der Waals surface area contributed by atoms with Crippen LogP contribution in [0.4, 0.5) is 0 Å². The Bertz CT molecular complexity index is 205. The van der Waals surface area contributed by atoms with Gasteiger partial charge in [-0.2, -0.15) is 5.26 Å². The van der Waals surface area contributed by atoms with Crippen molar-refractivity contribution in [2.45, 2.75) is 23.6 Å². The molecule has 4 heteroatoms. The summed E-state index contributed by atoms with van der Waals surface area (Å²) < 4.78 is 4.18. The van der Waals surface area contributed by atoms with Crippen LogP contribution in [0.25, 0.3) is 0 Å². The number of esters is 1. The van der Waals surface area contributed by atoms with Crippen molar-refractivity contribution in [2.24, 2.45) is 0 Å². The van der Waals surface area contributed by atoms with Crippen LogP contribution in [0.15, 0.2) is 0 Å². The molecule has 0 aromatic heterocycles. The molecule has 0 aromatic carbocycles. The first-order valence-electron chi connectivity index (χ1n) is 3.42. The number of carbonyl (C=O) groups excluding carboxylic acids is 1. The normalized spacial score (nSPS) is 19.6. The largest absolute Gasteiger partial charge is 0.449 e. The molecule has 0 unspecified atom stereocenters. The zero-order chi connectivity index (χ0) is 8.32.